The van der Waals surface area contributed by atoms with Gasteiger partial charge >= 0.3 is 5.97 Å². The molecule has 2 rings (SSSR count). The van der Waals surface area contributed by atoms with Gasteiger partial charge in [-0.15, -0.1) is 0 Å². The summed E-state index contributed by atoms with van der Waals surface area (Å²) in [5.41, 5.74) is 0. The van der Waals surface area contributed by atoms with Gasteiger partial charge in [-0.1, -0.05) is 6.42 Å². The van der Waals surface area contributed by atoms with Gasteiger partial charge in [0.25, 0.3) is 0 Å². The van der Waals surface area contributed by atoms with Crippen molar-refractivity contribution in [2.45, 2.75) is 38.5 Å². The fourth-order valence-electron chi connectivity index (χ4n) is 2.52. The summed E-state index contributed by atoms with van der Waals surface area (Å²) in [7, 11) is 0. The van der Waals surface area contributed by atoms with E-state index < -0.39 is 11.9 Å². The minimum Gasteiger partial charge on any atom is -0.481 e. The maximum Gasteiger partial charge on any atom is 0.314 e. The molecule has 0 bridgehead atoms. The second kappa shape index (κ2) is 6.05. The summed E-state index contributed by atoms with van der Waals surface area (Å²) in [6, 6.07) is 3.61. The molecule has 100 valence electrons. The third kappa shape index (κ3) is 3.35. The van der Waals surface area contributed by atoms with Gasteiger partial charge in [-0.2, -0.15) is 0 Å². The monoisotopic (exact) mass is 251 g/mol. The maximum atomic E-state index is 11.3. The van der Waals surface area contributed by atoms with Crippen LogP contribution in [-0.4, -0.2) is 35.6 Å². The molecule has 0 aromatic carbocycles. The highest BCUT2D eigenvalue weighted by Gasteiger charge is 2.24. The second-order valence-electron chi connectivity index (χ2n) is 5.03. The number of carboxylic acid groups (broad SMARTS) is 1. The normalized spacial score (nSPS) is 18.7. The molecule has 4 heteroatoms. The van der Waals surface area contributed by atoms with Gasteiger partial charge in [-0.3, -0.25) is 4.79 Å². The van der Waals surface area contributed by atoms with Crippen molar-refractivity contribution in [1.82, 2.24) is 4.90 Å². The van der Waals surface area contributed by atoms with E-state index in [1.54, 1.807) is 6.07 Å². The first-order chi connectivity index (χ1) is 8.66. The topological polar surface area (TPSA) is 53.7 Å². The molecule has 4 nitrogen and oxygen atoms in total. The summed E-state index contributed by atoms with van der Waals surface area (Å²) in [4.78, 5) is 13.7. The zero-order valence-electron chi connectivity index (χ0n) is 10.9. The van der Waals surface area contributed by atoms with Gasteiger partial charge in [0.1, 0.15) is 17.4 Å². The lowest BCUT2D eigenvalue weighted by atomic mass is 10.0. The van der Waals surface area contributed by atoms with Crippen LogP contribution in [0.1, 0.15) is 43.1 Å². The number of aliphatic carboxylic acids is 1. The Labute approximate surface area is 108 Å². The SMILES string of the molecule is Cc1ccc(C(CCN2CCCCC2)C(=O)O)o1. The predicted octanol–water partition coefficient (Wildman–Crippen LogP) is 2.63. The van der Waals surface area contributed by atoms with Crippen molar-refractivity contribution >= 4 is 5.97 Å². The van der Waals surface area contributed by atoms with E-state index in [-0.39, 0.29) is 0 Å². The molecule has 1 N–H and O–H groups in total. The second-order valence-corrected chi connectivity index (χ2v) is 5.03. The zero-order chi connectivity index (χ0) is 13.0. The summed E-state index contributed by atoms with van der Waals surface area (Å²) in [5, 5.41) is 9.29. The van der Waals surface area contributed by atoms with Crippen molar-refractivity contribution in [2.75, 3.05) is 19.6 Å². The molecular formula is C14H21NO3. The molecule has 1 aliphatic heterocycles. The molecule has 18 heavy (non-hydrogen) atoms. The molecule has 1 saturated heterocycles. The highest BCUT2D eigenvalue weighted by Crippen LogP contribution is 2.23. The molecule has 1 atom stereocenters. The number of hydrogen-bond donors (Lipinski definition) is 1. The Bertz CT molecular complexity index is 393. The summed E-state index contributed by atoms with van der Waals surface area (Å²) >= 11 is 0. The van der Waals surface area contributed by atoms with Crippen LogP contribution in [0.15, 0.2) is 16.5 Å². The Morgan fingerprint density at radius 3 is 2.67 bits per heavy atom. The highest BCUT2D eigenvalue weighted by molar-refractivity contribution is 5.75. The standard InChI is InChI=1S/C14H21NO3/c1-11-5-6-13(18-11)12(14(16)17)7-10-15-8-3-2-4-9-15/h5-6,12H,2-4,7-10H2,1H3,(H,16,17). The lowest BCUT2D eigenvalue weighted by Crippen LogP contribution is -2.32. The van der Waals surface area contributed by atoms with Crippen LogP contribution in [0.5, 0.6) is 0 Å². The first kappa shape index (κ1) is 13.1. The van der Waals surface area contributed by atoms with Gasteiger partial charge in [0.2, 0.25) is 0 Å². The summed E-state index contributed by atoms with van der Waals surface area (Å²) < 4.78 is 5.45. The Morgan fingerprint density at radius 1 is 1.39 bits per heavy atom. The number of hydrogen-bond acceptors (Lipinski definition) is 3. The quantitative estimate of drug-likeness (QED) is 0.874. The molecule has 2 heterocycles. The molecule has 0 aliphatic carbocycles. The molecule has 0 amide bonds. The Hall–Kier alpha value is -1.29. The highest BCUT2D eigenvalue weighted by atomic mass is 16.4. The molecule has 1 unspecified atom stereocenters. The van der Waals surface area contributed by atoms with Gasteiger partial charge in [-0.25, -0.2) is 0 Å². The van der Waals surface area contributed by atoms with E-state index in [9.17, 15) is 9.90 Å². The van der Waals surface area contributed by atoms with Crippen molar-refractivity contribution in [3.05, 3.63) is 23.7 Å². The smallest absolute Gasteiger partial charge is 0.314 e. The summed E-state index contributed by atoms with van der Waals surface area (Å²) in [5.74, 6) is 0.0493. The molecule has 0 radical (unpaired) electrons. The van der Waals surface area contributed by atoms with Crippen molar-refractivity contribution in [1.29, 1.82) is 0 Å². The minimum atomic E-state index is -0.790. The van der Waals surface area contributed by atoms with Crippen LogP contribution in [-0.2, 0) is 4.79 Å². The molecule has 0 spiro atoms. The predicted molar refractivity (Wildman–Crippen MR) is 68.7 cm³/mol. The number of carboxylic acids is 1. The fraction of sp³-hybridized carbons (Fsp3) is 0.643. The van der Waals surface area contributed by atoms with Crippen LogP contribution in [0.2, 0.25) is 0 Å². The maximum absolute atomic E-state index is 11.3. The average Bonchev–Trinajstić information content (AvgIpc) is 2.77. The van der Waals surface area contributed by atoms with Crippen LogP contribution in [0.4, 0.5) is 0 Å². The number of nitrogens with zero attached hydrogens (tertiary/aromatic N) is 1. The minimum absolute atomic E-state index is 0.513. The van der Waals surface area contributed by atoms with Crippen LogP contribution in [0, 0.1) is 6.92 Å². The lowest BCUT2D eigenvalue weighted by molar-refractivity contribution is -0.139. The number of likely N-dealkylation sites (tertiary alicyclic amines) is 1. The van der Waals surface area contributed by atoms with Crippen molar-refractivity contribution < 1.29 is 14.3 Å². The molecule has 1 aromatic rings. The Morgan fingerprint density at radius 2 is 2.11 bits per heavy atom. The van der Waals surface area contributed by atoms with Crippen molar-refractivity contribution in [3.8, 4) is 0 Å². The van der Waals surface area contributed by atoms with Gasteiger partial charge in [0, 0.05) is 0 Å². The van der Waals surface area contributed by atoms with Crippen LogP contribution in [0.3, 0.4) is 0 Å². The molecule has 1 aliphatic rings. The van der Waals surface area contributed by atoms with Gasteiger partial charge < -0.3 is 14.4 Å². The van der Waals surface area contributed by atoms with Crippen LogP contribution in [0.25, 0.3) is 0 Å². The average molecular weight is 251 g/mol. The largest absolute Gasteiger partial charge is 0.481 e. The number of furan rings is 1. The van der Waals surface area contributed by atoms with Gasteiger partial charge in [0.15, 0.2) is 0 Å². The van der Waals surface area contributed by atoms with E-state index in [2.05, 4.69) is 4.90 Å². The van der Waals surface area contributed by atoms with Crippen LogP contribution >= 0.6 is 0 Å². The zero-order valence-corrected chi connectivity index (χ0v) is 10.9. The Balaban J connectivity index is 1.92. The van der Waals surface area contributed by atoms with Crippen molar-refractivity contribution in [2.24, 2.45) is 0 Å². The Kier molecular flexibility index (Phi) is 4.42. The first-order valence-electron chi connectivity index (χ1n) is 6.68. The number of rotatable bonds is 5. The van der Waals surface area contributed by atoms with E-state index in [0.717, 1.165) is 25.4 Å². The fourth-order valence-corrected chi connectivity index (χ4v) is 2.52. The molecular weight excluding hydrogens is 230 g/mol. The van der Waals surface area contributed by atoms with E-state index in [1.807, 2.05) is 13.0 Å². The third-order valence-electron chi connectivity index (χ3n) is 3.59. The number of carbonyl (C=O) groups is 1. The van der Waals surface area contributed by atoms with E-state index in [1.165, 1.54) is 19.3 Å². The summed E-state index contributed by atoms with van der Waals surface area (Å²) in [6.45, 7) is 4.89. The van der Waals surface area contributed by atoms with Crippen LogP contribution < -0.4 is 0 Å². The van der Waals surface area contributed by atoms with E-state index >= 15 is 0 Å². The summed E-state index contributed by atoms with van der Waals surface area (Å²) in [6.07, 6.45) is 4.40. The molecule has 1 fully saturated rings. The van der Waals surface area contributed by atoms with Crippen molar-refractivity contribution in [3.63, 3.8) is 0 Å². The first-order valence-corrected chi connectivity index (χ1v) is 6.68. The number of aryl methyl sites for hydroxylation is 1. The number of piperidine rings is 1. The van der Waals surface area contributed by atoms with E-state index in [0.29, 0.717) is 12.2 Å². The van der Waals surface area contributed by atoms with E-state index in [4.69, 9.17) is 4.42 Å². The third-order valence-corrected chi connectivity index (χ3v) is 3.59. The van der Waals surface area contributed by atoms with Gasteiger partial charge in [0.05, 0.1) is 0 Å². The molecule has 0 saturated carbocycles. The van der Waals surface area contributed by atoms with Gasteiger partial charge in [-0.05, 0) is 58.0 Å². The lowest BCUT2D eigenvalue weighted by Gasteiger charge is -2.27. The molecule has 1 aromatic heterocycles.